The molecule has 16 atom stereocenters. The van der Waals surface area contributed by atoms with Crippen LogP contribution in [0, 0.1) is 5.92 Å². The van der Waals surface area contributed by atoms with E-state index in [1.807, 2.05) is 6.20 Å². The van der Waals surface area contributed by atoms with Crippen molar-refractivity contribution < 1.29 is 155 Å². The Morgan fingerprint density at radius 1 is 0.468 bits per heavy atom. The predicted octanol–water partition coefficient (Wildman–Crippen LogP) is -1.69. The lowest BCUT2D eigenvalue weighted by atomic mass is 9.93. The first-order chi connectivity index (χ1) is 59.6. The number of phosphoric acid groups is 1. The van der Waals surface area contributed by atoms with E-state index in [1.54, 1.807) is 9.58 Å². The number of carbonyl (C=O) groups is 8. The van der Waals surface area contributed by atoms with Gasteiger partial charge in [0.2, 0.25) is 47.3 Å². The zero-order valence-corrected chi connectivity index (χ0v) is 73.5. The molecule has 0 aromatic carbocycles. The maximum Gasteiger partial charge on any atom is 0.471 e. The van der Waals surface area contributed by atoms with Crippen LogP contribution < -0.4 is 37.2 Å². The molecular formula is C80H144N11O32P. The van der Waals surface area contributed by atoms with Crippen LogP contribution >= 0.6 is 7.82 Å². The van der Waals surface area contributed by atoms with Crippen molar-refractivity contribution in [2.75, 3.05) is 146 Å². The molecule has 4 aliphatic heterocycles. The lowest BCUT2D eigenvalue weighted by Gasteiger charge is -2.42. The molecule has 0 spiro atoms. The Morgan fingerprint density at radius 3 is 1.22 bits per heavy atom. The van der Waals surface area contributed by atoms with Crippen molar-refractivity contribution in [1.82, 2.24) is 57.1 Å². The monoisotopic (exact) mass is 1800 g/mol. The second-order valence-corrected chi connectivity index (χ2v) is 33.3. The number of likely N-dealkylation sites (tertiary alicyclic amines) is 1. The highest BCUT2D eigenvalue weighted by molar-refractivity contribution is 7.47. The summed E-state index contributed by atoms with van der Waals surface area (Å²) in [6.45, 7) is 3.96. The van der Waals surface area contributed by atoms with Crippen molar-refractivity contribution in [1.29, 1.82) is 0 Å². The number of aliphatic hydroxyl groups is 9. The summed E-state index contributed by atoms with van der Waals surface area (Å²) in [6, 6.07) is -3.20. The van der Waals surface area contributed by atoms with Gasteiger partial charge in [-0.2, -0.15) is 0 Å². The largest absolute Gasteiger partial charge is 0.471 e. The topological polar surface area (TPSA) is 594 Å². The predicted molar refractivity (Wildman–Crippen MR) is 440 cm³/mol. The van der Waals surface area contributed by atoms with E-state index < -0.39 is 155 Å². The van der Waals surface area contributed by atoms with Crippen LogP contribution in [0.15, 0.2) is 6.20 Å². The number of hydrogen-bond donors (Lipinski definition) is 17. The Morgan fingerprint density at radius 2 is 0.831 bits per heavy atom. The van der Waals surface area contributed by atoms with Crippen molar-refractivity contribution in [3.63, 3.8) is 0 Å². The summed E-state index contributed by atoms with van der Waals surface area (Å²) in [5.41, 5.74) is -0.597. The van der Waals surface area contributed by atoms with Crippen molar-refractivity contribution in [3.05, 3.63) is 11.9 Å². The molecular weight excluding hydrogens is 1660 g/mol. The molecule has 0 radical (unpaired) electrons. The van der Waals surface area contributed by atoms with Crippen LogP contribution in [0.1, 0.15) is 193 Å². The fraction of sp³-hybridized carbons (Fsp3) is 0.875. The van der Waals surface area contributed by atoms with E-state index in [-0.39, 0.29) is 155 Å². The molecule has 4 fully saturated rings. The van der Waals surface area contributed by atoms with E-state index >= 15 is 0 Å². The van der Waals surface area contributed by atoms with Crippen LogP contribution in [0.25, 0.3) is 0 Å². The molecule has 44 heteroatoms. The highest BCUT2D eigenvalue weighted by Gasteiger charge is 2.48. The molecule has 4 aliphatic rings. The normalized spacial score (nSPS) is 24.6. The fourth-order valence-electron chi connectivity index (χ4n) is 14.3. The van der Waals surface area contributed by atoms with Crippen molar-refractivity contribution >= 4 is 55.1 Å². The Bertz CT molecular complexity index is 3000. The minimum Gasteiger partial charge on any atom is -0.394 e. The summed E-state index contributed by atoms with van der Waals surface area (Å²) in [5, 5.41) is 120. The first-order valence-electron chi connectivity index (χ1n) is 43.9. The van der Waals surface area contributed by atoms with E-state index in [0.717, 1.165) is 64.2 Å². The number of phosphoric ester groups is 1. The van der Waals surface area contributed by atoms with Gasteiger partial charge in [-0.25, -0.2) is 9.25 Å². The van der Waals surface area contributed by atoms with Gasteiger partial charge in [0.1, 0.15) is 85.3 Å². The number of aromatic nitrogens is 3. The van der Waals surface area contributed by atoms with E-state index in [2.05, 4.69) is 52.1 Å². The molecule has 16 unspecified atom stereocenters. The van der Waals surface area contributed by atoms with Crippen LogP contribution in [0.3, 0.4) is 0 Å². The van der Waals surface area contributed by atoms with Gasteiger partial charge >= 0.3 is 7.82 Å². The smallest absolute Gasteiger partial charge is 0.394 e. The minimum atomic E-state index is -3.92. The van der Waals surface area contributed by atoms with Gasteiger partial charge in [-0.15, -0.1) is 5.10 Å². The summed E-state index contributed by atoms with van der Waals surface area (Å²) in [7, 11) is -2.79. The third-order valence-corrected chi connectivity index (χ3v) is 22.4. The van der Waals surface area contributed by atoms with Gasteiger partial charge in [0.15, 0.2) is 18.9 Å². The number of carbonyl (C=O) groups excluding carboxylic acids is 8. The van der Waals surface area contributed by atoms with Gasteiger partial charge in [-0.3, -0.25) is 47.4 Å². The summed E-state index contributed by atoms with van der Waals surface area (Å²) in [6.07, 6.45) is 3.18. The molecule has 5 heterocycles. The third kappa shape index (κ3) is 43.1. The van der Waals surface area contributed by atoms with E-state index in [0.29, 0.717) is 116 Å². The number of hydrogen-bond acceptors (Lipinski definition) is 33. The van der Waals surface area contributed by atoms with Gasteiger partial charge in [0.05, 0.1) is 104 Å². The molecule has 0 saturated carbocycles. The highest BCUT2D eigenvalue weighted by Crippen LogP contribution is 2.42. The Hall–Kier alpha value is -5.79. The zero-order valence-electron chi connectivity index (χ0n) is 72.7. The molecule has 0 aliphatic carbocycles. The lowest BCUT2D eigenvalue weighted by Crippen LogP contribution is -2.64. The summed E-state index contributed by atoms with van der Waals surface area (Å²) in [4.78, 5) is 114. The van der Waals surface area contributed by atoms with Gasteiger partial charge in [0, 0.05) is 106 Å². The first-order valence-corrected chi connectivity index (χ1v) is 45.4. The molecule has 1 aromatic heterocycles. The van der Waals surface area contributed by atoms with Gasteiger partial charge in [-0.1, -0.05) is 82.3 Å². The number of piperidine rings is 1. The Labute approximate surface area is 726 Å². The second kappa shape index (κ2) is 62.4. The molecule has 124 heavy (non-hydrogen) atoms. The van der Waals surface area contributed by atoms with Crippen LogP contribution in [0.2, 0.25) is 0 Å². The standard InChI is InChI=1S/C80H144N11O32P/c1-55(95)84-67-73(105)70(102)60(48-92)121-77(67)117-37-21-14-10-18-32-81-63(98)28-41-113-51-80(52-114-42-29-64(99)82-33-19-11-15-22-38-118-78-68(85-56(2)96)74(106)71(103)61(49-93)122-78,53-115-43-30-65(100)83-34-20-12-16-23-39-119-79-69(86-57(3)97)75(107)72(104)62(50-94)123-79)87-76(108)58-26-35-90(36-27-58)66(101)31-44-112-45-46-116-54-91-47-59(88-89-91)25-17-9-7-5-6-8-13-24-40-120-124(109,110)111-4/h47,58,60-62,67-75,77-79,92-94,102-107H,5-46,48-54H2,1-4H3,(H,81,98)(H,82,99)(H,83,100)(H,84,95)(H,85,96)(H,86,97)(H,87,108)(H,109,110). The van der Waals surface area contributed by atoms with Crippen LogP contribution in [0.4, 0.5) is 0 Å². The van der Waals surface area contributed by atoms with Crippen LogP contribution in [-0.4, -0.2) is 361 Å². The maximum atomic E-state index is 14.6. The lowest BCUT2D eigenvalue weighted by molar-refractivity contribution is -0.270. The number of aryl methyl sites for hydroxylation is 1. The SMILES string of the molecule is COP(=O)(O)OCCCCCCCCCCc1cn(COCCOCCC(=O)N2CCC(C(=O)NC(COCCC(=O)NCCCCCCOC3OC(CO)C(O)C(O)C3NC(C)=O)(COCCC(=O)NCCCCCCOC3OC(CO)C(O)C(O)C3NC(C)=O)COCCC(=O)NCCCCCCOC3OC(CO)C(O)C(O)C3NC(C)=O)CC2)nn1. The quantitative estimate of drug-likeness (QED) is 0.0256. The van der Waals surface area contributed by atoms with Gasteiger partial charge < -0.3 is 145 Å². The Kier molecular flexibility index (Phi) is 54.8. The maximum absolute atomic E-state index is 14.6. The van der Waals surface area contributed by atoms with Crippen LogP contribution in [-0.2, 0) is 117 Å². The molecule has 43 nitrogen and oxygen atoms in total. The number of amides is 8. The molecule has 17 N–H and O–H groups in total. The average molecular weight is 1800 g/mol. The summed E-state index contributed by atoms with van der Waals surface area (Å²) >= 11 is 0. The van der Waals surface area contributed by atoms with Crippen LogP contribution in [0.5, 0.6) is 0 Å². The minimum absolute atomic E-state index is 0.0804. The number of rotatable bonds is 68. The van der Waals surface area contributed by atoms with Crippen molar-refractivity contribution in [3.8, 4) is 0 Å². The number of nitrogens with zero attached hydrogens (tertiary/aromatic N) is 4. The van der Waals surface area contributed by atoms with Gasteiger partial charge in [-0.05, 0) is 70.6 Å². The molecule has 1 aromatic rings. The van der Waals surface area contributed by atoms with E-state index in [4.69, 9.17) is 56.6 Å². The molecule has 716 valence electrons. The highest BCUT2D eigenvalue weighted by atomic mass is 31.2. The fourth-order valence-corrected chi connectivity index (χ4v) is 14.8. The molecule has 8 amide bonds. The number of nitrogens with one attached hydrogen (secondary N) is 7. The Balaban J connectivity index is 1.13. The van der Waals surface area contributed by atoms with Gasteiger partial charge in [0.25, 0.3) is 0 Å². The third-order valence-electron chi connectivity index (χ3n) is 21.4. The number of ether oxygens (including phenoxy) is 11. The van der Waals surface area contributed by atoms with E-state index in [9.17, 15) is 93.8 Å². The average Bonchev–Trinajstić information content (AvgIpc) is 0.934. The molecule has 4 saturated heterocycles. The van der Waals surface area contributed by atoms with Crippen molar-refractivity contribution in [2.45, 2.75) is 298 Å². The number of aliphatic hydroxyl groups excluding tert-OH is 9. The molecule has 5 rings (SSSR count). The van der Waals surface area contributed by atoms with Crippen molar-refractivity contribution in [2.24, 2.45) is 5.92 Å². The first kappa shape index (κ1) is 109. The zero-order chi connectivity index (χ0) is 90.5. The molecule has 0 bridgehead atoms. The second-order valence-electron chi connectivity index (χ2n) is 31.7. The van der Waals surface area contributed by atoms with E-state index in [1.165, 1.54) is 20.8 Å². The number of unbranched alkanes of at least 4 members (excludes halogenated alkanes) is 16. The summed E-state index contributed by atoms with van der Waals surface area (Å²) in [5.74, 6) is -3.51. The summed E-state index contributed by atoms with van der Waals surface area (Å²) < 4.78 is 86.8.